The van der Waals surface area contributed by atoms with Crippen LogP contribution in [0.3, 0.4) is 0 Å². The quantitative estimate of drug-likeness (QED) is 0.723. The molecule has 27 heavy (non-hydrogen) atoms. The van der Waals surface area contributed by atoms with E-state index in [1.807, 2.05) is 35.2 Å². The number of hydrogen-bond donors (Lipinski definition) is 1. The molecule has 1 aliphatic rings. The SMILES string of the molecule is Cc1nc2sc(N3CCCC3C(=O)NCc3ccccc3)nn2c(=O)c1Cl. The molecule has 0 saturated carbocycles. The Balaban J connectivity index is 1.56. The van der Waals surface area contributed by atoms with Crippen molar-refractivity contribution in [2.75, 3.05) is 11.4 Å². The molecule has 3 heterocycles. The van der Waals surface area contributed by atoms with Gasteiger partial charge >= 0.3 is 0 Å². The van der Waals surface area contributed by atoms with Gasteiger partial charge in [0.2, 0.25) is 16.0 Å². The number of nitrogens with zero attached hydrogens (tertiary/aromatic N) is 4. The molecule has 9 heteroatoms. The van der Waals surface area contributed by atoms with Crippen LogP contribution in [0.1, 0.15) is 24.1 Å². The summed E-state index contributed by atoms with van der Waals surface area (Å²) in [6.07, 6.45) is 1.64. The Kier molecular flexibility index (Phi) is 4.84. The molecule has 0 radical (unpaired) electrons. The molecule has 3 aromatic rings. The van der Waals surface area contributed by atoms with E-state index < -0.39 is 0 Å². The van der Waals surface area contributed by atoms with Crippen molar-refractivity contribution < 1.29 is 4.79 Å². The zero-order chi connectivity index (χ0) is 19.0. The standard InChI is InChI=1S/C18H18ClN5O2S/c1-11-14(19)16(26)24-17(21-11)27-18(22-24)23-9-5-8-13(23)15(25)20-10-12-6-3-2-4-7-12/h2-4,6-7,13H,5,8-10H2,1H3,(H,20,25). The first-order valence-corrected chi connectivity index (χ1v) is 9.88. The Morgan fingerprint density at radius 3 is 2.93 bits per heavy atom. The van der Waals surface area contributed by atoms with Gasteiger partial charge < -0.3 is 10.2 Å². The zero-order valence-corrected chi connectivity index (χ0v) is 16.3. The van der Waals surface area contributed by atoms with E-state index in [0.29, 0.717) is 28.9 Å². The smallest absolute Gasteiger partial charge is 0.294 e. The fraction of sp³-hybridized carbons (Fsp3) is 0.333. The average Bonchev–Trinajstić information content (AvgIpc) is 3.32. The lowest BCUT2D eigenvalue weighted by atomic mass is 10.2. The van der Waals surface area contributed by atoms with E-state index in [1.54, 1.807) is 6.92 Å². The van der Waals surface area contributed by atoms with Crippen LogP contribution in [0.15, 0.2) is 35.1 Å². The van der Waals surface area contributed by atoms with E-state index in [2.05, 4.69) is 15.4 Å². The maximum Gasteiger partial charge on any atom is 0.294 e. The third-order valence-corrected chi connectivity index (χ3v) is 6.00. The molecule has 1 unspecified atom stereocenters. The van der Waals surface area contributed by atoms with Crippen molar-refractivity contribution in [2.24, 2.45) is 0 Å². The van der Waals surface area contributed by atoms with Crippen LogP contribution in [0, 0.1) is 6.92 Å². The molecule has 0 aliphatic carbocycles. The average molecular weight is 404 g/mol. The van der Waals surface area contributed by atoms with Crippen molar-refractivity contribution in [3.63, 3.8) is 0 Å². The van der Waals surface area contributed by atoms with Crippen molar-refractivity contribution >= 4 is 38.9 Å². The van der Waals surface area contributed by atoms with Gasteiger partial charge in [0.15, 0.2) is 0 Å². The first-order valence-electron chi connectivity index (χ1n) is 8.69. The van der Waals surface area contributed by atoms with Crippen LogP contribution in [0.5, 0.6) is 0 Å². The topological polar surface area (TPSA) is 79.6 Å². The van der Waals surface area contributed by atoms with Gasteiger partial charge in [-0.05, 0) is 25.3 Å². The summed E-state index contributed by atoms with van der Waals surface area (Å²) in [7, 11) is 0. The number of anilines is 1. The molecule has 0 bridgehead atoms. The lowest BCUT2D eigenvalue weighted by molar-refractivity contribution is -0.122. The highest BCUT2D eigenvalue weighted by Crippen LogP contribution is 2.29. The highest BCUT2D eigenvalue weighted by Gasteiger charge is 2.33. The molecule has 2 aromatic heterocycles. The molecule has 1 N–H and O–H groups in total. The number of aryl methyl sites for hydroxylation is 1. The third kappa shape index (κ3) is 3.42. The number of rotatable bonds is 4. The van der Waals surface area contributed by atoms with Crippen LogP contribution in [0.4, 0.5) is 5.13 Å². The molecule has 1 atom stereocenters. The lowest BCUT2D eigenvalue weighted by Crippen LogP contribution is -2.43. The number of amides is 1. The summed E-state index contributed by atoms with van der Waals surface area (Å²) in [5.41, 5.74) is 1.15. The number of carbonyl (C=O) groups is 1. The number of benzene rings is 1. The Morgan fingerprint density at radius 2 is 2.15 bits per heavy atom. The van der Waals surface area contributed by atoms with Gasteiger partial charge in [-0.25, -0.2) is 4.98 Å². The van der Waals surface area contributed by atoms with Gasteiger partial charge in [-0.3, -0.25) is 9.59 Å². The summed E-state index contributed by atoms with van der Waals surface area (Å²) < 4.78 is 1.21. The monoisotopic (exact) mass is 403 g/mol. The number of fused-ring (bicyclic) bond motifs is 1. The molecule has 1 saturated heterocycles. The van der Waals surface area contributed by atoms with E-state index in [0.717, 1.165) is 18.4 Å². The first-order chi connectivity index (χ1) is 13.0. The van der Waals surface area contributed by atoms with E-state index in [9.17, 15) is 9.59 Å². The predicted octanol–water partition coefficient (Wildman–Crippen LogP) is 2.40. The van der Waals surface area contributed by atoms with Gasteiger partial charge in [0.1, 0.15) is 11.1 Å². The Bertz CT molecular complexity index is 1050. The summed E-state index contributed by atoms with van der Waals surface area (Å²) in [5, 5.41) is 8.05. The van der Waals surface area contributed by atoms with Crippen molar-refractivity contribution in [2.45, 2.75) is 32.4 Å². The molecule has 4 rings (SSSR count). The molecular formula is C18H18ClN5O2S. The van der Waals surface area contributed by atoms with Gasteiger partial charge in [-0.1, -0.05) is 53.3 Å². The van der Waals surface area contributed by atoms with Crippen molar-refractivity contribution in [3.05, 3.63) is 57.0 Å². The number of aromatic nitrogens is 3. The Labute approximate surface area is 164 Å². The molecule has 0 spiro atoms. The zero-order valence-electron chi connectivity index (χ0n) is 14.7. The summed E-state index contributed by atoms with van der Waals surface area (Å²) in [6.45, 7) is 2.89. The lowest BCUT2D eigenvalue weighted by Gasteiger charge is -2.22. The molecule has 1 aliphatic heterocycles. The highest BCUT2D eigenvalue weighted by molar-refractivity contribution is 7.20. The molecule has 1 fully saturated rings. The summed E-state index contributed by atoms with van der Waals surface area (Å²) in [6, 6.07) is 9.49. The molecular weight excluding hydrogens is 386 g/mol. The second-order valence-corrected chi connectivity index (χ2v) is 7.76. The van der Waals surface area contributed by atoms with E-state index >= 15 is 0 Å². The van der Waals surface area contributed by atoms with Crippen LogP contribution in [0.25, 0.3) is 4.96 Å². The van der Waals surface area contributed by atoms with Crippen LogP contribution in [-0.4, -0.2) is 33.1 Å². The van der Waals surface area contributed by atoms with E-state index in [-0.39, 0.29) is 22.5 Å². The second-order valence-electron chi connectivity index (χ2n) is 6.45. The predicted molar refractivity (Wildman–Crippen MR) is 106 cm³/mol. The van der Waals surface area contributed by atoms with Crippen LogP contribution < -0.4 is 15.8 Å². The Morgan fingerprint density at radius 1 is 1.37 bits per heavy atom. The van der Waals surface area contributed by atoms with Crippen molar-refractivity contribution in [1.29, 1.82) is 0 Å². The van der Waals surface area contributed by atoms with Crippen molar-refractivity contribution in [1.82, 2.24) is 19.9 Å². The van der Waals surface area contributed by atoms with Gasteiger partial charge in [-0.15, -0.1) is 5.10 Å². The Hall–Kier alpha value is -2.45. The number of hydrogen-bond acceptors (Lipinski definition) is 6. The third-order valence-electron chi connectivity index (χ3n) is 4.62. The normalized spacial score (nSPS) is 16.8. The summed E-state index contributed by atoms with van der Waals surface area (Å²) in [5.74, 6) is -0.0369. The van der Waals surface area contributed by atoms with E-state index in [4.69, 9.17) is 11.6 Å². The van der Waals surface area contributed by atoms with E-state index in [1.165, 1.54) is 15.9 Å². The number of halogens is 1. The molecule has 7 nitrogen and oxygen atoms in total. The summed E-state index contributed by atoms with van der Waals surface area (Å²) >= 11 is 7.29. The van der Waals surface area contributed by atoms with Crippen LogP contribution in [-0.2, 0) is 11.3 Å². The minimum atomic E-state index is -0.383. The second kappa shape index (κ2) is 7.28. The van der Waals surface area contributed by atoms with Gasteiger partial charge in [0.05, 0.1) is 5.69 Å². The van der Waals surface area contributed by atoms with Gasteiger partial charge in [-0.2, -0.15) is 4.52 Å². The van der Waals surface area contributed by atoms with Crippen molar-refractivity contribution in [3.8, 4) is 0 Å². The van der Waals surface area contributed by atoms with Gasteiger partial charge in [0, 0.05) is 13.1 Å². The fourth-order valence-corrected chi connectivity index (χ4v) is 4.34. The maximum atomic E-state index is 12.7. The largest absolute Gasteiger partial charge is 0.350 e. The van der Waals surface area contributed by atoms with Gasteiger partial charge in [0.25, 0.3) is 5.56 Å². The minimum Gasteiger partial charge on any atom is -0.350 e. The minimum absolute atomic E-state index is 0.0369. The van der Waals surface area contributed by atoms with Crippen LogP contribution in [0.2, 0.25) is 5.02 Å². The molecule has 1 aromatic carbocycles. The molecule has 1 amide bonds. The molecule has 140 valence electrons. The number of carbonyl (C=O) groups excluding carboxylic acids is 1. The van der Waals surface area contributed by atoms with Crippen LogP contribution >= 0.6 is 22.9 Å². The highest BCUT2D eigenvalue weighted by atomic mass is 35.5. The maximum absolute atomic E-state index is 12.7. The number of nitrogens with one attached hydrogen (secondary N) is 1. The first kappa shape index (κ1) is 17.9. The fourth-order valence-electron chi connectivity index (χ4n) is 3.20. The summed E-state index contributed by atoms with van der Waals surface area (Å²) in [4.78, 5) is 31.8.